The van der Waals surface area contributed by atoms with Gasteiger partial charge in [0.2, 0.25) is 5.95 Å². The number of rotatable bonds is 9. The Bertz CT molecular complexity index is 4300. The summed E-state index contributed by atoms with van der Waals surface area (Å²) in [7, 11) is 0. The van der Waals surface area contributed by atoms with Crippen molar-refractivity contribution >= 4 is 72.8 Å². The van der Waals surface area contributed by atoms with E-state index in [1.54, 1.807) is 90.0 Å². The Kier molecular flexibility index (Phi) is 27.8. The third kappa shape index (κ3) is 22.4. The molecule has 10 aromatic rings. The molecule has 90 heavy (non-hydrogen) atoms. The van der Waals surface area contributed by atoms with Crippen molar-refractivity contribution in [2.45, 2.75) is 67.2 Å². The van der Waals surface area contributed by atoms with Crippen LogP contribution in [0.5, 0.6) is 0 Å². The molecule has 0 aliphatic rings. The highest BCUT2D eigenvalue weighted by molar-refractivity contribution is 9.10. The zero-order valence-corrected chi connectivity index (χ0v) is 49.3. The van der Waals surface area contributed by atoms with Crippen molar-refractivity contribution in [1.29, 1.82) is 10.5 Å². The molecular weight excluding hydrogens is 1220 g/mol. The number of hydrogen-bond acceptors (Lipinski definition) is 16. The van der Waals surface area contributed by atoms with E-state index >= 15 is 0 Å². The number of benzene rings is 2. The lowest BCUT2D eigenvalue weighted by molar-refractivity contribution is 0.0534. The standard InChI is InChI=1S/C24H18FN7O.C15H11F2N3O.C9H8N4.C8H13NO2.C6H4BrN3.2CH4/c1-15(18-4-6-20(25)7-5-18)31-24(33)21-10-17(11-26)13-29-23(21)27-8-2-3-16-9-19-14-30-32-22(19)28-12-16;1-9(11-2-4-12(16)5-3-11)20-15(21)13-6-10(7-18)8-19-14(13)17;10-3-1-2-7-4-8-6-12-13-9(8)11-5-7;1-5-6-9-7(10)11-8(2,3)4;7-5-1-4-2-9-10-6(4)8-3-5;;/h4-7,9-10,12-15H,8H2,1H3,(H,27,29)(H,31,33)(H,28,30,32);2-6,8-9H,1H3,(H,20,21);4-6H,3,10H2,(H,11,12,13);1H,6H2,2-4H3,(H,9,10);1-3H,(H,8,9,10);2*1H4/t15-;9-;;;;;/m00...../s1. The van der Waals surface area contributed by atoms with Crippen molar-refractivity contribution in [3.63, 3.8) is 0 Å². The summed E-state index contributed by atoms with van der Waals surface area (Å²) in [6.45, 7) is 9.64. The lowest BCUT2D eigenvalue weighted by Gasteiger charge is -2.18. The predicted octanol–water partition coefficient (Wildman–Crippen LogP) is 10.4. The van der Waals surface area contributed by atoms with Crippen LogP contribution < -0.4 is 27.0 Å². The van der Waals surface area contributed by atoms with Gasteiger partial charge in [-0.3, -0.25) is 24.9 Å². The molecule has 460 valence electrons. The molecule has 8 heterocycles. The molecule has 22 nitrogen and oxygen atoms in total. The maximum atomic E-state index is 13.5. The number of alkyl carbamates (subject to hydrolysis) is 1. The smallest absolute Gasteiger partial charge is 0.408 e. The predicted molar refractivity (Wildman–Crippen MR) is 340 cm³/mol. The highest BCUT2D eigenvalue weighted by atomic mass is 79.9. The van der Waals surface area contributed by atoms with Crippen LogP contribution in [0.2, 0.25) is 0 Å². The van der Waals surface area contributed by atoms with Gasteiger partial charge in [-0.2, -0.15) is 30.2 Å². The molecule has 2 atom stereocenters. The highest BCUT2D eigenvalue weighted by Gasteiger charge is 2.19. The number of halogens is 4. The van der Waals surface area contributed by atoms with E-state index in [0.717, 1.165) is 60.9 Å². The maximum absolute atomic E-state index is 13.5. The summed E-state index contributed by atoms with van der Waals surface area (Å²) in [5.41, 5.74) is 10.4. The summed E-state index contributed by atoms with van der Waals surface area (Å²) in [4.78, 5) is 55.7. The third-order valence-corrected chi connectivity index (χ3v) is 11.8. The molecule has 0 saturated carbocycles. The molecule has 0 spiro atoms. The second-order valence-corrected chi connectivity index (χ2v) is 20.1. The number of amides is 3. The lowest BCUT2D eigenvalue weighted by atomic mass is 10.1. The van der Waals surface area contributed by atoms with Crippen LogP contribution in [0.15, 0.2) is 133 Å². The summed E-state index contributed by atoms with van der Waals surface area (Å²) in [5, 5.41) is 51.6. The van der Waals surface area contributed by atoms with E-state index in [1.807, 2.05) is 24.3 Å². The Hall–Kier alpha value is -11.5. The Labute approximate surface area is 525 Å². The van der Waals surface area contributed by atoms with Gasteiger partial charge >= 0.3 is 6.09 Å². The Morgan fingerprint density at radius 3 is 1.54 bits per heavy atom. The van der Waals surface area contributed by atoms with Crippen molar-refractivity contribution in [2.24, 2.45) is 5.73 Å². The van der Waals surface area contributed by atoms with Crippen molar-refractivity contribution in [3.05, 3.63) is 195 Å². The van der Waals surface area contributed by atoms with Crippen molar-refractivity contribution in [2.75, 3.05) is 25.0 Å². The summed E-state index contributed by atoms with van der Waals surface area (Å²) in [6, 6.07) is 22.8. The number of nitrogens with one attached hydrogen (secondary N) is 7. The normalized spacial score (nSPS) is 10.6. The summed E-state index contributed by atoms with van der Waals surface area (Å²) in [5.74, 6) is 11.4. The zero-order chi connectivity index (χ0) is 63.6. The second-order valence-electron chi connectivity index (χ2n) is 19.1. The number of H-pyrrole nitrogens is 3. The van der Waals surface area contributed by atoms with Crippen LogP contribution in [-0.4, -0.2) is 98.7 Å². The van der Waals surface area contributed by atoms with Crippen LogP contribution in [0.3, 0.4) is 0 Å². The van der Waals surface area contributed by atoms with Gasteiger partial charge in [0.1, 0.15) is 35.2 Å². The molecule has 9 N–H and O–H groups in total. The number of aromatic nitrogens is 11. The number of anilines is 1. The van der Waals surface area contributed by atoms with Gasteiger partial charge in [-0.1, -0.05) is 68.7 Å². The second kappa shape index (κ2) is 35.2. The van der Waals surface area contributed by atoms with Gasteiger partial charge < -0.3 is 31.7 Å². The van der Waals surface area contributed by atoms with E-state index in [4.69, 9.17) is 22.2 Å². The summed E-state index contributed by atoms with van der Waals surface area (Å²) in [6.07, 6.45) is 17.1. The fraction of sp³-hybridized carbons (Fsp3) is 0.203. The number of carbonyl (C=O) groups excluding carboxylic acids is 3. The molecular formula is C64H62BrF3N18O4. The first-order valence-electron chi connectivity index (χ1n) is 26.2. The van der Waals surface area contributed by atoms with Crippen LogP contribution in [0.4, 0.5) is 23.8 Å². The minimum absolute atomic E-state index is 0. The average molecular weight is 1280 g/mol. The van der Waals surface area contributed by atoms with Crippen molar-refractivity contribution in [1.82, 2.24) is 71.5 Å². The van der Waals surface area contributed by atoms with E-state index in [0.29, 0.717) is 23.6 Å². The van der Waals surface area contributed by atoms with Gasteiger partial charge in [-0.05, 0) is 116 Å². The molecule has 0 saturated heterocycles. The molecule has 3 amide bonds. The molecule has 26 heteroatoms. The van der Waals surface area contributed by atoms with Gasteiger partial charge in [0.25, 0.3) is 11.8 Å². The minimum Gasteiger partial charge on any atom is -0.444 e. The zero-order valence-electron chi connectivity index (χ0n) is 47.7. The number of fused-ring (bicyclic) bond motifs is 3. The molecule has 0 aliphatic heterocycles. The SMILES string of the molecule is Brc1cnc2[nH]ncc2c1.C.C.C#CCNC(=O)OC(C)(C)C.C[C@H](NC(=O)c1cc(C#N)cnc1F)c1ccc(F)cc1.C[C@H](NC(=O)c1cc(C#N)cnc1NCC#Cc1cnc2[nH]ncc2c1)c1ccc(F)cc1.NCC#Cc1cnc2[nH]ncc2c1. The average Bonchev–Trinajstić information content (AvgIpc) is 1.31. The van der Waals surface area contributed by atoms with Gasteiger partial charge in [-0.25, -0.2) is 38.5 Å². The van der Waals surface area contributed by atoms with Crippen LogP contribution in [0, 0.1) is 76.3 Å². The molecule has 10 rings (SSSR count). The first-order valence-corrected chi connectivity index (χ1v) is 27.0. The van der Waals surface area contributed by atoms with Crippen molar-refractivity contribution in [3.8, 4) is 48.2 Å². The van der Waals surface area contributed by atoms with E-state index in [2.05, 4.69) is 122 Å². The molecule has 0 radical (unpaired) electrons. The number of aromatic amines is 3. The topological polar surface area (TPSA) is 333 Å². The molecule has 0 fully saturated rings. The van der Waals surface area contributed by atoms with Crippen LogP contribution >= 0.6 is 15.9 Å². The van der Waals surface area contributed by atoms with Crippen molar-refractivity contribution < 1.29 is 32.3 Å². The minimum atomic E-state index is -0.946. The number of nitrogens with zero attached hydrogens (tertiary/aromatic N) is 10. The monoisotopic (exact) mass is 1280 g/mol. The maximum Gasteiger partial charge on any atom is 0.408 e. The van der Waals surface area contributed by atoms with E-state index in [9.17, 15) is 32.8 Å². The first-order chi connectivity index (χ1) is 42.2. The molecule has 2 aromatic carbocycles. The van der Waals surface area contributed by atoms with Crippen LogP contribution in [0.1, 0.15) is 116 Å². The van der Waals surface area contributed by atoms with Gasteiger partial charge in [0.15, 0.2) is 16.9 Å². The Morgan fingerprint density at radius 1 is 0.622 bits per heavy atom. The first kappa shape index (κ1) is 71.0. The largest absolute Gasteiger partial charge is 0.444 e. The number of pyridine rings is 5. The van der Waals surface area contributed by atoms with E-state index < -0.39 is 35.5 Å². The summed E-state index contributed by atoms with van der Waals surface area (Å²) < 4.78 is 45.4. The lowest BCUT2D eigenvalue weighted by Crippen LogP contribution is -2.32. The Morgan fingerprint density at radius 2 is 1.07 bits per heavy atom. The fourth-order valence-electron chi connectivity index (χ4n) is 7.21. The van der Waals surface area contributed by atoms with Crippen LogP contribution in [-0.2, 0) is 4.74 Å². The quantitative estimate of drug-likeness (QED) is 0.0492. The van der Waals surface area contributed by atoms with Crippen LogP contribution in [0.25, 0.3) is 33.1 Å². The van der Waals surface area contributed by atoms with Gasteiger partial charge in [-0.15, -0.1) is 6.42 Å². The number of nitriles is 2. The number of carbonyl (C=O) groups is 3. The van der Waals surface area contributed by atoms with E-state index in [1.165, 1.54) is 48.7 Å². The third-order valence-electron chi connectivity index (χ3n) is 11.4. The highest BCUT2D eigenvalue weighted by Crippen LogP contribution is 2.20. The molecule has 8 aromatic heterocycles. The van der Waals surface area contributed by atoms with Gasteiger partial charge in [0, 0.05) is 62.7 Å². The number of terminal acetylenes is 1. The molecule has 0 unspecified atom stereocenters. The molecule has 0 aliphatic carbocycles. The van der Waals surface area contributed by atoms with E-state index in [-0.39, 0.29) is 67.9 Å². The number of hydrogen-bond donors (Lipinski definition) is 8. The summed E-state index contributed by atoms with van der Waals surface area (Å²) >= 11 is 3.31. The number of ether oxygens (including phenoxy) is 1. The number of nitrogens with two attached hydrogens (primary N) is 1. The Balaban J connectivity index is 0.000000260. The molecule has 0 bridgehead atoms. The van der Waals surface area contributed by atoms with Gasteiger partial charge in [0.05, 0.1) is 72.6 Å². The fourth-order valence-corrected chi connectivity index (χ4v) is 7.56.